The molecule has 1 aliphatic heterocycles. The summed E-state index contributed by atoms with van der Waals surface area (Å²) in [6.45, 7) is 5.03. The van der Waals surface area contributed by atoms with E-state index in [2.05, 4.69) is 4.90 Å². The largest absolute Gasteiger partial charge is 0.457 e. The van der Waals surface area contributed by atoms with Crippen LogP contribution in [0.5, 0.6) is 11.5 Å². The van der Waals surface area contributed by atoms with Crippen LogP contribution in [0.15, 0.2) is 59.0 Å². The first-order chi connectivity index (χ1) is 13.7. The summed E-state index contributed by atoms with van der Waals surface area (Å²) in [5, 5.41) is 9.30. The Bertz CT molecular complexity index is 899. The average molecular weight is 378 g/mol. The van der Waals surface area contributed by atoms with Crippen LogP contribution in [-0.2, 0) is 6.54 Å². The van der Waals surface area contributed by atoms with Gasteiger partial charge in [-0.05, 0) is 69.1 Å². The molecule has 0 amide bonds. The number of aliphatic hydroxyl groups is 1. The number of aryl methyl sites for hydroxylation is 1. The van der Waals surface area contributed by atoms with E-state index >= 15 is 0 Å². The van der Waals surface area contributed by atoms with E-state index in [-0.39, 0.29) is 0 Å². The second-order valence-corrected chi connectivity index (χ2v) is 7.37. The summed E-state index contributed by atoms with van der Waals surface area (Å²) in [4.78, 5) is 7.13. The van der Waals surface area contributed by atoms with Gasteiger partial charge in [-0.2, -0.15) is 0 Å². The van der Waals surface area contributed by atoms with E-state index < -0.39 is 0 Å². The lowest BCUT2D eigenvalue weighted by molar-refractivity contribution is 0.126. The first-order valence-electron chi connectivity index (χ1n) is 9.84. The number of likely N-dealkylation sites (tertiary alicyclic amines) is 1. The molecular weight excluding hydrogens is 352 g/mol. The van der Waals surface area contributed by atoms with Gasteiger partial charge >= 0.3 is 0 Å². The highest BCUT2D eigenvalue weighted by molar-refractivity contribution is 5.57. The van der Waals surface area contributed by atoms with Gasteiger partial charge in [0.15, 0.2) is 0 Å². The van der Waals surface area contributed by atoms with Gasteiger partial charge in [0.05, 0.1) is 5.69 Å². The van der Waals surface area contributed by atoms with Crippen LogP contribution >= 0.6 is 0 Å². The highest BCUT2D eigenvalue weighted by Gasteiger charge is 2.21. The maximum Gasteiger partial charge on any atom is 0.226 e. The molecule has 1 N–H and O–H groups in total. The van der Waals surface area contributed by atoms with Gasteiger partial charge in [-0.1, -0.05) is 24.3 Å². The second kappa shape index (κ2) is 8.59. The number of aliphatic hydroxyl groups excluding tert-OH is 1. The van der Waals surface area contributed by atoms with Gasteiger partial charge in [-0.15, -0.1) is 0 Å². The van der Waals surface area contributed by atoms with Gasteiger partial charge in [0.1, 0.15) is 17.3 Å². The van der Waals surface area contributed by atoms with E-state index in [1.807, 2.05) is 61.5 Å². The van der Waals surface area contributed by atoms with Crippen molar-refractivity contribution in [1.29, 1.82) is 0 Å². The number of rotatable bonds is 6. The molecule has 3 aromatic rings. The molecule has 2 aromatic carbocycles. The van der Waals surface area contributed by atoms with Crippen molar-refractivity contribution in [2.75, 3.05) is 19.7 Å². The SMILES string of the molecule is Cc1oc(-c2cccc(Oc3ccccc3)c2)nc1CN1CCC(CO)CC1. The third kappa shape index (κ3) is 4.43. The number of hydrogen-bond donors (Lipinski definition) is 1. The molecule has 4 rings (SSSR count). The van der Waals surface area contributed by atoms with Gasteiger partial charge in [-0.3, -0.25) is 4.90 Å². The van der Waals surface area contributed by atoms with Crippen LogP contribution in [0, 0.1) is 12.8 Å². The highest BCUT2D eigenvalue weighted by Crippen LogP contribution is 2.29. The van der Waals surface area contributed by atoms with Crippen molar-refractivity contribution in [3.8, 4) is 23.0 Å². The highest BCUT2D eigenvalue weighted by atomic mass is 16.5. The monoisotopic (exact) mass is 378 g/mol. The van der Waals surface area contributed by atoms with E-state index in [4.69, 9.17) is 14.1 Å². The molecule has 0 bridgehead atoms. The van der Waals surface area contributed by atoms with Gasteiger partial charge in [0, 0.05) is 18.7 Å². The number of oxazole rings is 1. The molecule has 0 radical (unpaired) electrons. The lowest BCUT2D eigenvalue weighted by Crippen LogP contribution is -2.34. The minimum atomic E-state index is 0.294. The van der Waals surface area contributed by atoms with Crippen molar-refractivity contribution in [3.05, 3.63) is 66.1 Å². The maximum atomic E-state index is 9.30. The van der Waals surface area contributed by atoms with Crippen molar-refractivity contribution >= 4 is 0 Å². The van der Waals surface area contributed by atoms with Crippen molar-refractivity contribution in [1.82, 2.24) is 9.88 Å². The summed E-state index contributed by atoms with van der Waals surface area (Å²) in [6, 6.07) is 17.5. The Morgan fingerprint density at radius 1 is 1.07 bits per heavy atom. The van der Waals surface area contributed by atoms with Crippen LogP contribution in [0.3, 0.4) is 0 Å². The molecule has 1 aromatic heterocycles. The molecule has 0 atom stereocenters. The van der Waals surface area contributed by atoms with Crippen LogP contribution in [0.25, 0.3) is 11.5 Å². The molecule has 1 aliphatic rings. The fourth-order valence-corrected chi connectivity index (χ4v) is 3.55. The van der Waals surface area contributed by atoms with E-state index in [0.29, 0.717) is 18.4 Å². The minimum absolute atomic E-state index is 0.294. The predicted octanol–water partition coefficient (Wildman–Crippen LogP) is 4.65. The fraction of sp³-hybridized carbons (Fsp3) is 0.348. The van der Waals surface area contributed by atoms with Gasteiger partial charge < -0.3 is 14.3 Å². The Morgan fingerprint density at radius 3 is 2.57 bits per heavy atom. The summed E-state index contributed by atoms with van der Waals surface area (Å²) in [7, 11) is 0. The van der Waals surface area contributed by atoms with Gasteiger partial charge in [0.2, 0.25) is 5.89 Å². The lowest BCUT2D eigenvalue weighted by Gasteiger charge is -2.30. The van der Waals surface area contributed by atoms with Crippen LogP contribution in [0.2, 0.25) is 0 Å². The number of piperidine rings is 1. The van der Waals surface area contributed by atoms with E-state index in [9.17, 15) is 5.11 Å². The Balaban J connectivity index is 1.46. The number of nitrogens with zero attached hydrogens (tertiary/aromatic N) is 2. The summed E-state index contributed by atoms with van der Waals surface area (Å²) in [6.07, 6.45) is 2.08. The van der Waals surface area contributed by atoms with Crippen LogP contribution in [-0.4, -0.2) is 34.7 Å². The molecule has 1 fully saturated rings. The molecule has 1 saturated heterocycles. The van der Waals surface area contributed by atoms with Gasteiger partial charge in [0.25, 0.3) is 0 Å². The average Bonchev–Trinajstić information content (AvgIpc) is 3.10. The molecular formula is C23H26N2O3. The molecule has 0 saturated carbocycles. The standard InChI is InChI=1S/C23H26N2O3/c1-17-22(15-25-12-10-18(16-26)11-13-25)24-23(27-17)19-6-5-9-21(14-19)28-20-7-3-2-4-8-20/h2-9,14,18,26H,10-13,15-16H2,1H3. The summed E-state index contributed by atoms with van der Waals surface area (Å²) in [5.41, 5.74) is 1.88. The number of aromatic nitrogens is 1. The minimum Gasteiger partial charge on any atom is -0.457 e. The van der Waals surface area contributed by atoms with Crippen molar-refractivity contribution in [2.24, 2.45) is 5.92 Å². The molecule has 146 valence electrons. The van der Waals surface area contributed by atoms with Crippen LogP contribution in [0.4, 0.5) is 0 Å². The third-order valence-corrected chi connectivity index (χ3v) is 5.29. The summed E-state index contributed by atoms with van der Waals surface area (Å²) in [5.74, 6) is 3.48. The Labute approximate surface area is 165 Å². The van der Waals surface area contributed by atoms with Crippen LogP contribution < -0.4 is 4.74 Å². The molecule has 2 heterocycles. The first-order valence-corrected chi connectivity index (χ1v) is 9.84. The Hall–Kier alpha value is -2.63. The Morgan fingerprint density at radius 2 is 1.82 bits per heavy atom. The fourth-order valence-electron chi connectivity index (χ4n) is 3.55. The molecule has 5 nitrogen and oxygen atoms in total. The zero-order chi connectivity index (χ0) is 19.3. The number of benzene rings is 2. The number of ether oxygens (including phenoxy) is 1. The normalized spacial score (nSPS) is 15.6. The van der Waals surface area contributed by atoms with Crippen molar-refractivity contribution < 1.29 is 14.3 Å². The molecule has 0 unspecified atom stereocenters. The Kier molecular flexibility index (Phi) is 5.74. The molecule has 0 spiro atoms. The predicted molar refractivity (Wildman–Crippen MR) is 108 cm³/mol. The second-order valence-electron chi connectivity index (χ2n) is 7.37. The molecule has 0 aliphatic carbocycles. The van der Waals surface area contributed by atoms with Crippen molar-refractivity contribution in [3.63, 3.8) is 0 Å². The summed E-state index contributed by atoms with van der Waals surface area (Å²) >= 11 is 0. The van der Waals surface area contributed by atoms with Gasteiger partial charge in [-0.25, -0.2) is 4.98 Å². The van der Waals surface area contributed by atoms with E-state index in [1.165, 1.54) is 0 Å². The number of hydrogen-bond acceptors (Lipinski definition) is 5. The van der Waals surface area contributed by atoms with E-state index in [1.54, 1.807) is 0 Å². The maximum absolute atomic E-state index is 9.30. The zero-order valence-corrected chi connectivity index (χ0v) is 16.2. The quantitative estimate of drug-likeness (QED) is 0.677. The van der Waals surface area contributed by atoms with E-state index in [0.717, 1.165) is 61.0 Å². The van der Waals surface area contributed by atoms with Crippen LogP contribution in [0.1, 0.15) is 24.3 Å². The van der Waals surface area contributed by atoms with Crippen molar-refractivity contribution in [2.45, 2.75) is 26.3 Å². The topological polar surface area (TPSA) is 58.7 Å². The summed E-state index contributed by atoms with van der Waals surface area (Å²) < 4.78 is 11.9. The molecule has 28 heavy (non-hydrogen) atoms. The number of para-hydroxylation sites is 1. The smallest absolute Gasteiger partial charge is 0.226 e. The lowest BCUT2D eigenvalue weighted by atomic mass is 9.98. The zero-order valence-electron chi connectivity index (χ0n) is 16.2. The molecule has 5 heteroatoms. The first kappa shape index (κ1) is 18.7. The third-order valence-electron chi connectivity index (χ3n) is 5.29.